The lowest BCUT2D eigenvalue weighted by molar-refractivity contribution is -0.164. The van der Waals surface area contributed by atoms with Gasteiger partial charge in [0.05, 0.1) is 0 Å². The summed E-state index contributed by atoms with van der Waals surface area (Å²) in [5.74, 6) is -3.42. The second-order valence-corrected chi connectivity index (χ2v) is 2.95. The van der Waals surface area contributed by atoms with Crippen LogP contribution in [0.25, 0.3) is 0 Å². The summed E-state index contributed by atoms with van der Waals surface area (Å²) < 4.78 is 8.54. The first kappa shape index (κ1) is 26.8. The van der Waals surface area contributed by atoms with Crippen molar-refractivity contribution in [3.8, 4) is 0 Å². The van der Waals surface area contributed by atoms with Crippen LogP contribution in [-0.2, 0) is 33.4 Å². The van der Waals surface area contributed by atoms with E-state index < -0.39 is 29.8 Å². The van der Waals surface area contributed by atoms with E-state index in [0.717, 1.165) is 20.8 Å². The van der Waals surface area contributed by atoms with Gasteiger partial charge in [0.2, 0.25) is 6.79 Å². The molecule has 0 aliphatic carbocycles. The Kier molecular flexibility index (Phi) is 25.1. The fourth-order valence-electron chi connectivity index (χ4n) is 0.195. The maximum absolute atomic E-state index is 10.0. The van der Waals surface area contributed by atoms with Crippen LogP contribution < -0.4 is 0 Å². The van der Waals surface area contributed by atoms with Gasteiger partial charge < -0.3 is 24.8 Å². The lowest BCUT2D eigenvalue weighted by atomic mass is 10.8. The summed E-state index contributed by atoms with van der Waals surface area (Å²) >= 11 is 0. The van der Waals surface area contributed by atoms with E-state index in [1.54, 1.807) is 0 Å². The molecule has 0 bridgehead atoms. The number of hydrogen-bond acceptors (Lipinski definition) is 7. The molecule has 0 atom stereocenters. The van der Waals surface area contributed by atoms with Gasteiger partial charge >= 0.3 is 11.9 Å². The van der Waals surface area contributed by atoms with Crippen LogP contribution in [0.3, 0.4) is 0 Å². The lowest BCUT2D eigenvalue weighted by Crippen LogP contribution is -2.07. The quantitative estimate of drug-likeness (QED) is 0.478. The van der Waals surface area contributed by atoms with Crippen molar-refractivity contribution in [2.24, 2.45) is 0 Å². The summed E-state index contributed by atoms with van der Waals surface area (Å²) in [6.45, 7) is 5.44. The van der Waals surface area contributed by atoms with E-state index >= 15 is 0 Å². The van der Waals surface area contributed by atoms with E-state index in [1.807, 2.05) is 0 Å². The predicted molar refractivity (Wildman–Crippen MR) is 68.3 cm³/mol. The number of hydrogen-bond donors (Lipinski definition) is 3. The zero-order valence-electron chi connectivity index (χ0n) is 12.4. The Labute approximate surface area is 121 Å². The summed E-state index contributed by atoms with van der Waals surface area (Å²) in [5, 5.41) is 22.2. The molecule has 0 spiro atoms. The van der Waals surface area contributed by atoms with E-state index in [1.165, 1.54) is 13.8 Å². The highest BCUT2D eigenvalue weighted by Gasteiger charge is 1.93. The second-order valence-electron chi connectivity index (χ2n) is 2.95. The van der Waals surface area contributed by atoms with Gasteiger partial charge in [0.1, 0.15) is 0 Å². The summed E-state index contributed by atoms with van der Waals surface area (Å²) in [6.07, 6.45) is 0. The van der Waals surface area contributed by atoms with Crippen LogP contribution in [-0.4, -0.2) is 52.0 Å². The summed E-state index contributed by atoms with van der Waals surface area (Å²) in [5.41, 5.74) is 0. The number of ether oxygens (including phenoxy) is 2. The van der Waals surface area contributed by atoms with Crippen LogP contribution in [0.5, 0.6) is 0 Å². The summed E-state index contributed by atoms with van der Waals surface area (Å²) in [7, 11) is 0. The Balaban J connectivity index is -0.000000102. The minimum Gasteiger partial charge on any atom is -0.481 e. The van der Waals surface area contributed by atoms with Gasteiger partial charge in [-0.1, -0.05) is 0 Å². The predicted octanol–water partition coefficient (Wildman–Crippen LogP) is 0.343. The molecule has 0 aliphatic heterocycles. The Morgan fingerprint density at radius 3 is 0.857 bits per heavy atom. The number of rotatable bonds is 2. The van der Waals surface area contributed by atoms with Gasteiger partial charge in [-0.25, -0.2) is 0 Å². The average Bonchev–Trinajstić information content (AvgIpc) is 2.12. The molecular weight excluding hydrogens is 292 g/mol. The van der Waals surface area contributed by atoms with Crippen molar-refractivity contribution in [3.63, 3.8) is 0 Å². The first-order valence-electron chi connectivity index (χ1n) is 5.18. The van der Waals surface area contributed by atoms with Crippen LogP contribution in [0.1, 0.15) is 34.6 Å². The van der Waals surface area contributed by atoms with Gasteiger partial charge in [0, 0.05) is 34.6 Å². The highest BCUT2D eigenvalue weighted by atomic mass is 16.7. The topological polar surface area (TPSA) is 164 Å². The number of carboxylic acid groups (broad SMARTS) is 3. The van der Waals surface area contributed by atoms with Crippen molar-refractivity contribution in [1.29, 1.82) is 0 Å². The van der Waals surface area contributed by atoms with Gasteiger partial charge in [-0.05, 0) is 0 Å². The molecule has 0 unspecified atom stereocenters. The molecule has 0 aromatic carbocycles. The number of carbonyl (C=O) groups is 5. The Morgan fingerprint density at radius 2 is 0.762 bits per heavy atom. The third kappa shape index (κ3) is 364. The normalized spacial score (nSPS) is 7.10. The fourth-order valence-corrected chi connectivity index (χ4v) is 0.195. The first-order valence-corrected chi connectivity index (χ1v) is 5.18. The van der Waals surface area contributed by atoms with E-state index in [0.29, 0.717) is 0 Å². The van der Waals surface area contributed by atoms with Crippen molar-refractivity contribution in [2.45, 2.75) is 34.6 Å². The van der Waals surface area contributed by atoms with Crippen LogP contribution in [0.2, 0.25) is 0 Å². The average molecular weight is 312 g/mol. The third-order valence-electron chi connectivity index (χ3n) is 0.524. The molecule has 0 rings (SSSR count). The Bertz CT molecular complexity index is 279. The molecule has 0 saturated heterocycles. The second kappa shape index (κ2) is 19.7. The lowest BCUT2D eigenvalue weighted by Gasteiger charge is -1.99. The van der Waals surface area contributed by atoms with Gasteiger partial charge in [0.25, 0.3) is 17.9 Å². The summed E-state index contributed by atoms with van der Waals surface area (Å²) in [4.78, 5) is 47.0. The largest absolute Gasteiger partial charge is 0.481 e. The molecule has 0 radical (unpaired) electrons. The molecule has 0 amide bonds. The number of carbonyl (C=O) groups excluding carboxylic acids is 2. The molecule has 124 valence electrons. The molecule has 0 aromatic heterocycles. The number of aliphatic carboxylic acids is 3. The fraction of sp³-hybridized carbons (Fsp3) is 0.545. The highest BCUT2D eigenvalue weighted by molar-refractivity contribution is 5.67. The Hall–Kier alpha value is -2.65. The van der Waals surface area contributed by atoms with Gasteiger partial charge in [-0.2, -0.15) is 0 Å². The molecule has 21 heavy (non-hydrogen) atoms. The minimum absolute atomic E-state index is 0.287. The van der Waals surface area contributed by atoms with Gasteiger partial charge in [0.15, 0.2) is 0 Å². The van der Waals surface area contributed by atoms with Crippen molar-refractivity contribution in [1.82, 2.24) is 0 Å². The third-order valence-corrected chi connectivity index (χ3v) is 0.524. The minimum atomic E-state index is -0.833. The highest BCUT2D eigenvalue weighted by Crippen LogP contribution is 1.79. The van der Waals surface area contributed by atoms with Crippen molar-refractivity contribution >= 4 is 29.8 Å². The molecule has 3 N–H and O–H groups in total. The smallest absolute Gasteiger partial charge is 0.305 e. The molecule has 0 aromatic rings. The molecule has 0 saturated carbocycles. The van der Waals surface area contributed by atoms with Crippen molar-refractivity contribution in [3.05, 3.63) is 0 Å². The van der Waals surface area contributed by atoms with Crippen molar-refractivity contribution in [2.75, 3.05) is 6.79 Å². The van der Waals surface area contributed by atoms with Crippen LogP contribution >= 0.6 is 0 Å². The molecule has 0 aliphatic rings. The monoisotopic (exact) mass is 312 g/mol. The van der Waals surface area contributed by atoms with E-state index in [-0.39, 0.29) is 6.79 Å². The molecular formula is C11H20O10. The number of carboxylic acids is 3. The molecule has 0 fully saturated rings. The SMILES string of the molecule is CC(=O)O.CC(=O)O.CC(=O)O.CC(=O)OCOC(C)=O. The molecule has 10 heteroatoms. The summed E-state index contributed by atoms with van der Waals surface area (Å²) in [6, 6.07) is 0. The van der Waals surface area contributed by atoms with Gasteiger partial charge in [-0.3, -0.25) is 24.0 Å². The molecule has 0 heterocycles. The number of esters is 2. The van der Waals surface area contributed by atoms with Crippen LogP contribution in [0.4, 0.5) is 0 Å². The van der Waals surface area contributed by atoms with Crippen molar-refractivity contribution < 1.29 is 48.8 Å². The zero-order chi connectivity index (χ0) is 18.0. The van der Waals surface area contributed by atoms with Gasteiger partial charge in [-0.15, -0.1) is 0 Å². The standard InChI is InChI=1S/C5H8O4.3C2H4O2/c1-4(6)8-3-9-5(2)7;3*1-2(3)4/h3H2,1-2H3;3*1H3,(H,3,4). The van der Waals surface area contributed by atoms with E-state index in [2.05, 4.69) is 9.47 Å². The Morgan fingerprint density at radius 1 is 0.619 bits per heavy atom. The maximum atomic E-state index is 10.0. The molecule has 10 nitrogen and oxygen atoms in total. The first-order chi connectivity index (χ1) is 9.32. The van der Waals surface area contributed by atoms with Crippen LogP contribution in [0, 0.1) is 0 Å². The van der Waals surface area contributed by atoms with E-state index in [4.69, 9.17) is 29.7 Å². The van der Waals surface area contributed by atoms with Crippen LogP contribution in [0.15, 0.2) is 0 Å². The zero-order valence-corrected chi connectivity index (χ0v) is 12.4. The maximum Gasteiger partial charge on any atom is 0.305 e. The van der Waals surface area contributed by atoms with E-state index in [9.17, 15) is 9.59 Å².